The average molecular weight is 511 g/mol. The van der Waals surface area contributed by atoms with E-state index < -0.39 is 0 Å². The second-order valence-electron chi connectivity index (χ2n) is 9.43. The summed E-state index contributed by atoms with van der Waals surface area (Å²) in [6.07, 6.45) is 7.67. The zero-order valence-corrected chi connectivity index (χ0v) is 22.7. The van der Waals surface area contributed by atoms with Crippen LogP contribution in [0.1, 0.15) is 70.8 Å². The lowest BCUT2D eigenvalue weighted by atomic mass is 10.0. The van der Waals surface area contributed by atoms with Gasteiger partial charge in [0, 0.05) is 11.1 Å². The van der Waals surface area contributed by atoms with E-state index in [4.69, 9.17) is 18.9 Å². The van der Waals surface area contributed by atoms with Gasteiger partial charge in [0.15, 0.2) is 0 Å². The van der Waals surface area contributed by atoms with Crippen LogP contribution in [0.3, 0.4) is 0 Å². The van der Waals surface area contributed by atoms with Crippen LogP contribution in [0, 0.1) is 6.92 Å². The van der Waals surface area contributed by atoms with Crippen molar-refractivity contribution in [2.45, 2.75) is 72.1 Å². The average Bonchev–Trinajstić information content (AvgIpc) is 2.87. The van der Waals surface area contributed by atoms with Gasteiger partial charge in [0.2, 0.25) is 0 Å². The van der Waals surface area contributed by atoms with Gasteiger partial charge in [-0.3, -0.25) is 0 Å². The first-order chi connectivity index (χ1) is 17.8. The Morgan fingerprint density at radius 2 is 1.19 bits per heavy atom. The van der Waals surface area contributed by atoms with Crippen LogP contribution < -0.4 is 9.47 Å². The van der Waals surface area contributed by atoms with E-state index in [9.17, 15) is 9.59 Å². The number of fused-ring (bicyclic) bond motifs is 1. The van der Waals surface area contributed by atoms with Gasteiger partial charge in [0.1, 0.15) is 11.5 Å². The lowest BCUT2D eigenvalue weighted by Gasteiger charge is -2.13. The topological polar surface area (TPSA) is 71.1 Å². The first-order valence-electron chi connectivity index (χ1n) is 13.2. The molecule has 0 spiro atoms. The molecule has 0 aliphatic carbocycles. The molecule has 37 heavy (non-hydrogen) atoms. The number of carbonyl (C=O) groups is 2. The molecule has 6 heteroatoms. The van der Waals surface area contributed by atoms with Crippen molar-refractivity contribution in [1.29, 1.82) is 0 Å². The molecule has 0 amide bonds. The van der Waals surface area contributed by atoms with Gasteiger partial charge in [-0.05, 0) is 107 Å². The van der Waals surface area contributed by atoms with E-state index in [1.807, 2.05) is 12.1 Å². The van der Waals surface area contributed by atoms with Crippen molar-refractivity contribution in [3.63, 3.8) is 0 Å². The van der Waals surface area contributed by atoms with Crippen molar-refractivity contribution in [2.24, 2.45) is 0 Å². The molecule has 0 saturated heterocycles. The number of benzene rings is 2. The molecule has 0 aliphatic rings. The fourth-order valence-corrected chi connectivity index (χ4v) is 3.75. The monoisotopic (exact) mass is 510 g/mol. The van der Waals surface area contributed by atoms with Crippen LogP contribution in [-0.2, 0) is 19.1 Å². The van der Waals surface area contributed by atoms with Gasteiger partial charge < -0.3 is 18.9 Å². The summed E-state index contributed by atoms with van der Waals surface area (Å²) in [5, 5.41) is 2.29. The van der Waals surface area contributed by atoms with Gasteiger partial charge >= 0.3 is 11.9 Å². The molecular weight excluding hydrogens is 468 g/mol. The molecule has 2 rings (SSSR count). The number of carbonyl (C=O) groups excluding carboxylic acids is 2. The van der Waals surface area contributed by atoms with E-state index in [1.165, 1.54) is 0 Å². The van der Waals surface area contributed by atoms with Crippen LogP contribution >= 0.6 is 0 Å². The summed E-state index contributed by atoms with van der Waals surface area (Å²) in [7, 11) is 0. The Labute approximate surface area is 221 Å². The number of rotatable bonds is 18. The van der Waals surface area contributed by atoms with Gasteiger partial charge in [-0.1, -0.05) is 25.3 Å². The van der Waals surface area contributed by atoms with Crippen molar-refractivity contribution in [2.75, 3.05) is 26.4 Å². The van der Waals surface area contributed by atoms with E-state index in [-0.39, 0.29) is 11.9 Å². The first kappa shape index (κ1) is 29.9. The lowest BCUT2D eigenvalue weighted by Crippen LogP contribution is -2.06. The molecule has 0 N–H and O–H groups in total. The zero-order valence-electron chi connectivity index (χ0n) is 22.7. The van der Waals surface area contributed by atoms with Crippen LogP contribution in [0.2, 0.25) is 0 Å². The van der Waals surface area contributed by atoms with E-state index in [1.54, 1.807) is 13.8 Å². The van der Waals surface area contributed by atoms with Crippen molar-refractivity contribution >= 4 is 22.7 Å². The Morgan fingerprint density at radius 3 is 1.73 bits per heavy atom. The molecule has 2 aromatic rings. The molecule has 6 nitrogen and oxygen atoms in total. The third-order valence-electron chi connectivity index (χ3n) is 5.98. The minimum Gasteiger partial charge on any atom is -0.494 e. The number of unbranched alkanes of at least 4 members (excludes halogenated alkanes) is 6. The smallest absolute Gasteiger partial charge is 0.333 e. The van der Waals surface area contributed by atoms with E-state index in [0.29, 0.717) is 37.6 Å². The first-order valence-corrected chi connectivity index (χ1v) is 13.2. The summed E-state index contributed by atoms with van der Waals surface area (Å²) in [5.74, 6) is 1.14. The number of esters is 2. The summed E-state index contributed by atoms with van der Waals surface area (Å²) in [6.45, 7) is 14.7. The molecule has 0 fully saturated rings. The van der Waals surface area contributed by atoms with Gasteiger partial charge in [-0.25, -0.2) is 9.59 Å². The largest absolute Gasteiger partial charge is 0.494 e. The van der Waals surface area contributed by atoms with Gasteiger partial charge in [0.25, 0.3) is 0 Å². The predicted molar refractivity (Wildman–Crippen MR) is 148 cm³/mol. The highest BCUT2D eigenvalue weighted by Crippen LogP contribution is 2.30. The number of aryl methyl sites for hydroxylation is 1. The molecular formula is C31H42O6. The predicted octanol–water partition coefficient (Wildman–Crippen LogP) is 7.27. The molecule has 0 saturated carbocycles. The summed E-state index contributed by atoms with van der Waals surface area (Å²) >= 11 is 0. The second-order valence-corrected chi connectivity index (χ2v) is 9.43. The molecule has 0 heterocycles. The summed E-state index contributed by atoms with van der Waals surface area (Å²) in [4.78, 5) is 22.7. The molecule has 0 radical (unpaired) electrons. The lowest BCUT2D eigenvalue weighted by molar-refractivity contribution is -0.139. The third kappa shape index (κ3) is 11.1. The Bertz CT molecular complexity index is 1060. The fourth-order valence-electron chi connectivity index (χ4n) is 3.75. The summed E-state index contributed by atoms with van der Waals surface area (Å²) < 4.78 is 22.2. The maximum Gasteiger partial charge on any atom is 0.333 e. The van der Waals surface area contributed by atoms with Crippen LogP contribution in [0.15, 0.2) is 54.6 Å². The molecule has 0 atom stereocenters. The standard InChI is InChI=1S/C31H42O6/c1-23(2)30(32)36-20-12-8-6-10-18-34-27-15-16-28-25(5)29(17-14-26(28)22-27)35-19-11-7-9-13-21-37-31(33)24(3)4/h14-17,22H,1,3,6-13,18-21H2,2,4-5H3. The van der Waals surface area contributed by atoms with Crippen molar-refractivity contribution < 1.29 is 28.5 Å². The summed E-state index contributed by atoms with van der Waals surface area (Å²) in [6, 6.07) is 10.3. The Morgan fingerprint density at radius 1 is 0.676 bits per heavy atom. The zero-order chi connectivity index (χ0) is 27.0. The number of ether oxygens (including phenoxy) is 4. The minimum absolute atomic E-state index is 0.318. The molecule has 2 aromatic carbocycles. The highest BCUT2D eigenvalue weighted by atomic mass is 16.5. The van der Waals surface area contributed by atoms with Crippen molar-refractivity contribution in [3.05, 3.63) is 60.2 Å². The van der Waals surface area contributed by atoms with Crippen LogP contribution in [-0.4, -0.2) is 38.4 Å². The highest BCUT2D eigenvalue weighted by Gasteiger charge is 2.07. The number of hydrogen-bond acceptors (Lipinski definition) is 6. The van der Waals surface area contributed by atoms with Crippen molar-refractivity contribution in [3.8, 4) is 11.5 Å². The molecule has 0 aliphatic heterocycles. The highest BCUT2D eigenvalue weighted by molar-refractivity contribution is 5.89. The number of hydrogen-bond donors (Lipinski definition) is 0. The molecule has 0 aromatic heterocycles. The minimum atomic E-state index is -0.318. The van der Waals surface area contributed by atoms with E-state index in [0.717, 1.165) is 79.2 Å². The van der Waals surface area contributed by atoms with Crippen molar-refractivity contribution in [1.82, 2.24) is 0 Å². The Balaban J connectivity index is 1.65. The second kappa shape index (κ2) is 16.5. The van der Waals surface area contributed by atoms with Gasteiger partial charge in [-0.2, -0.15) is 0 Å². The maximum absolute atomic E-state index is 11.3. The molecule has 202 valence electrons. The normalized spacial score (nSPS) is 10.7. The van der Waals surface area contributed by atoms with Crippen LogP contribution in [0.4, 0.5) is 0 Å². The SMILES string of the molecule is C=C(C)C(=O)OCCCCCCOc1ccc2c(C)c(OCCCCCCOC(=O)C(=C)C)ccc2c1. The van der Waals surface area contributed by atoms with Crippen LogP contribution in [0.25, 0.3) is 10.8 Å². The van der Waals surface area contributed by atoms with E-state index in [2.05, 4.69) is 38.3 Å². The van der Waals surface area contributed by atoms with E-state index >= 15 is 0 Å². The summed E-state index contributed by atoms with van der Waals surface area (Å²) in [5.41, 5.74) is 2.00. The van der Waals surface area contributed by atoms with Gasteiger partial charge in [-0.15, -0.1) is 0 Å². The Kier molecular flexibility index (Phi) is 13.3. The van der Waals surface area contributed by atoms with Crippen LogP contribution in [0.5, 0.6) is 11.5 Å². The van der Waals surface area contributed by atoms with Gasteiger partial charge in [0.05, 0.1) is 26.4 Å². The maximum atomic E-state index is 11.3. The quantitative estimate of drug-likeness (QED) is 0.119. The Hall–Kier alpha value is -3.28. The fraction of sp³-hybridized carbons (Fsp3) is 0.484. The molecule has 0 bridgehead atoms. The third-order valence-corrected chi connectivity index (χ3v) is 5.98. The molecule has 0 unspecified atom stereocenters.